The Hall–Kier alpha value is -2.12. The molecule has 24 heavy (non-hydrogen) atoms. The maximum atomic E-state index is 12.8. The highest BCUT2D eigenvalue weighted by Crippen LogP contribution is 2.32. The molecule has 0 unspecified atom stereocenters. The SMILES string of the molecule is Cc1nc(C)c(C)c(N2CCC[C@H](c3ncc(C(F)(F)F)[nH]3)C2)n1. The van der Waals surface area contributed by atoms with Crippen LogP contribution in [0.1, 0.15) is 47.4 Å². The number of aryl methyl sites for hydroxylation is 2. The number of nitrogens with zero attached hydrogens (tertiary/aromatic N) is 4. The summed E-state index contributed by atoms with van der Waals surface area (Å²) in [5, 5.41) is 0. The summed E-state index contributed by atoms with van der Waals surface area (Å²) in [6.07, 6.45) is -1.83. The first-order valence-corrected chi connectivity index (χ1v) is 7.94. The number of alkyl halides is 3. The van der Waals surface area contributed by atoms with Crippen molar-refractivity contribution in [1.29, 1.82) is 0 Å². The number of nitrogens with one attached hydrogen (secondary N) is 1. The van der Waals surface area contributed by atoms with E-state index in [1.54, 1.807) is 0 Å². The molecule has 0 aromatic carbocycles. The van der Waals surface area contributed by atoms with Crippen LogP contribution >= 0.6 is 0 Å². The molecule has 1 atom stereocenters. The van der Waals surface area contributed by atoms with E-state index in [4.69, 9.17) is 0 Å². The highest BCUT2D eigenvalue weighted by Gasteiger charge is 2.34. The normalized spacial score (nSPS) is 18.9. The molecule has 0 saturated carbocycles. The van der Waals surface area contributed by atoms with E-state index >= 15 is 0 Å². The summed E-state index contributed by atoms with van der Waals surface area (Å²) in [6, 6.07) is 0. The monoisotopic (exact) mass is 339 g/mol. The predicted octanol–water partition coefficient (Wildman–Crippen LogP) is 3.53. The van der Waals surface area contributed by atoms with Gasteiger partial charge in [0.25, 0.3) is 0 Å². The van der Waals surface area contributed by atoms with E-state index in [1.807, 2.05) is 20.8 Å². The summed E-state index contributed by atoms with van der Waals surface area (Å²) in [4.78, 5) is 17.4. The molecule has 130 valence electrons. The molecule has 0 radical (unpaired) electrons. The van der Waals surface area contributed by atoms with Gasteiger partial charge in [-0.1, -0.05) is 0 Å². The van der Waals surface area contributed by atoms with Crippen LogP contribution in [-0.2, 0) is 6.18 Å². The van der Waals surface area contributed by atoms with Crippen molar-refractivity contribution in [2.45, 2.75) is 45.7 Å². The van der Waals surface area contributed by atoms with Crippen molar-refractivity contribution < 1.29 is 13.2 Å². The van der Waals surface area contributed by atoms with Gasteiger partial charge < -0.3 is 9.88 Å². The van der Waals surface area contributed by atoms with E-state index in [0.29, 0.717) is 18.2 Å². The molecule has 3 rings (SSSR count). The lowest BCUT2D eigenvalue weighted by Gasteiger charge is -2.34. The third-order valence-electron chi connectivity index (χ3n) is 4.48. The fourth-order valence-electron chi connectivity index (χ4n) is 3.14. The van der Waals surface area contributed by atoms with Crippen molar-refractivity contribution in [3.05, 3.63) is 34.8 Å². The lowest BCUT2D eigenvalue weighted by Crippen LogP contribution is -2.36. The van der Waals surface area contributed by atoms with Gasteiger partial charge in [0.2, 0.25) is 0 Å². The third-order valence-corrected chi connectivity index (χ3v) is 4.48. The molecule has 1 N–H and O–H groups in total. The zero-order valence-electron chi connectivity index (χ0n) is 13.9. The van der Waals surface area contributed by atoms with Crippen LogP contribution < -0.4 is 4.90 Å². The van der Waals surface area contributed by atoms with Crippen LogP contribution in [0.4, 0.5) is 19.0 Å². The van der Waals surface area contributed by atoms with E-state index in [0.717, 1.165) is 42.7 Å². The van der Waals surface area contributed by atoms with Gasteiger partial charge in [-0.3, -0.25) is 0 Å². The van der Waals surface area contributed by atoms with Gasteiger partial charge in [0, 0.05) is 30.3 Å². The minimum Gasteiger partial charge on any atom is -0.356 e. The fraction of sp³-hybridized carbons (Fsp3) is 0.562. The van der Waals surface area contributed by atoms with Gasteiger partial charge in [0.05, 0.1) is 6.20 Å². The summed E-state index contributed by atoms with van der Waals surface area (Å²) < 4.78 is 38.3. The molecule has 2 aromatic heterocycles. The predicted molar refractivity (Wildman–Crippen MR) is 84.0 cm³/mol. The summed E-state index contributed by atoms with van der Waals surface area (Å²) in [7, 11) is 0. The maximum absolute atomic E-state index is 12.8. The van der Waals surface area contributed by atoms with Crippen molar-refractivity contribution in [1.82, 2.24) is 19.9 Å². The zero-order chi connectivity index (χ0) is 17.5. The van der Waals surface area contributed by atoms with E-state index < -0.39 is 11.9 Å². The number of rotatable bonds is 2. The van der Waals surface area contributed by atoms with E-state index in [1.165, 1.54) is 0 Å². The molecule has 3 heterocycles. The Labute approximate surface area is 138 Å². The second-order valence-corrected chi connectivity index (χ2v) is 6.27. The number of hydrogen-bond acceptors (Lipinski definition) is 4. The van der Waals surface area contributed by atoms with Gasteiger partial charge in [-0.2, -0.15) is 13.2 Å². The van der Waals surface area contributed by atoms with E-state index in [-0.39, 0.29) is 5.92 Å². The first kappa shape index (κ1) is 16.7. The fourth-order valence-corrected chi connectivity index (χ4v) is 3.14. The molecular formula is C16H20F3N5. The number of H-pyrrole nitrogens is 1. The Bertz CT molecular complexity index is 738. The topological polar surface area (TPSA) is 57.7 Å². The summed E-state index contributed by atoms with van der Waals surface area (Å²) in [6.45, 7) is 7.20. The standard InChI is InChI=1S/C16H20F3N5/c1-9-10(2)21-11(3)22-15(9)24-6-4-5-12(8-24)14-20-7-13(23-14)16(17,18)19/h7,12H,4-6,8H2,1-3H3,(H,20,23)/t12-/m0/s1. The number of aromatic nitrogens is 4. The Morgan fingerprint density at radius 3 is 2.62 bits per heavy atom. The highest BCUT2D eigenvalue weighted by atomic mass is 19.4. The van der Waals surface area contributed by atoms with Gasteiger partial charge in [-0.25, -0.2) is 15.0 Å². The molecule has 1 aliphatic heterocycles. The van der Waals surface area contributed by atoms with Gasteiger partial charge >= 0.3 is 6.18 Å². The van der Waals surface area contributed by atoms with Gasteiger partial charge in [0.1, 0.15) is 23.2 Å². The first-order valence-electron chi connectivity index (χ1n) is 7.94. The van der Waals surface area contributed by atoms with Crippen LogP contribution in [0.25, 0.3) is 0 Å². The Balaban J connectivity index is 1.84. The molecule has 8 heteroatoms. The summed E-state index contributed by atoms with van der Waals surface area (Å²) in [5.74, 6) is 1.90. The van der Waals surface area contributed by atoms with E-state index in [2.05, 4.69) is 24.8 Å². The van der Waals surface area contributed by atoms with Crippen LogP contribution in [0.3, 0.4) is 0 Å². The number of anilines is 1. The van der Waals surface area contributed by atoms with Gasteiger partial charge in [-0.05, 0) is 33.6 Å². The van der Waals surface area contributed by atoms with Crippen molar-refractivity contribution in [3.63, 3.8) is 0 Å². The largest absolute Gasteiger partial charge is 0.432 e. The third kappa shape index (κ3) is 3.22. The Kier molecular flexibility index (Phi) is 4.23. The number of imidazole rings is 1. The van der Waals surface area contributed by atoms with Crippen LogP contribution in [0, 0.1) is 20.8 Å². The average Bonchev–Trinajstić information content (AvgIpc) is 3.01. The quantitative estimate of drug-likeness (QED) is 0.909. The number of piperidine rings is 1. The Morgan fingerprint density at radius 1 is 1.21 bits per heavy atom. The molecule has 0 amide bonds. The van der Waals surface area contributed by atoms with Crippen LogP contribution in [0.2, 0.25) is 0 Å². The molecule has 1 saturated heterocycles. The Morgan fingerprint density at radius 2 is 1.96 bits per heavy atom. The zero-order valence-corrected chi connectivity index (χ0v) is 13.9. The van der Waals surface area contributed by atoms with Crippen LogP contribution in [0.5, 0.6) is 0 Å². The summed E-state index contributed by atoms with van der Waals surface area (Å²) in [5.41, 5.74) is 1.15. The maximum Gasteiger partial charge on any atom is 0.432 e. The molecular weight excluding hydrogens is 319 g/mol. The minimum absolute atomic E-state index is 0.0650. The molecule has 1 fully saturated rings. The van der Waals surface area contributed by atoms with Crippen molar-refractivity contribution in [2.24, 2.45) is 0 Å². The molecule has 5 nitrogen and oxygen atoms in total. The molecule has 1 aliphatic rings. The minimum atomic E-state index is -4.39. The van der Waals surface area contributed by atoms with Crippen molar-refractivity contribution in [3.8, 4) is 0 Å². The molecule has 0 aliphatic carbocycles. The molecule has 0 spiro atoms. The lowest BCUT2D eigenvalue weighted by molar-refractivity contribution is -0.141. The van der Waals surface area contributed by atoms with Crippen LogP contribution in [0.15, 0.2) is 6.20 Å². The number of halogens is 3. The first-order chi connectivity index (χ1) is 11.3. The van der Waals surface area contributed by atoms with Crippen molar-refractivity contribution >= 4 is 5.82 Å². The van der Waals surface area contributed by atoms with Gasteiger partial charge in [0.15, 0.2) is 0 Å². The molecule has 2 aromatic rings. The summed E-state index contributed by atoms with van der Waals surface area (Å²) >= 11 is 0. The van der Waals surface area contributed by atoms with Crippen molar-refractivity contribution in [2.75, 3.05) is 18.0 Å². The van der Waals surface area contributed by atoms with E-state index in [9.17, 15) is 13.2 Å². The second kappa shape index (κ2) is 6.07. The lowest BCUT2D eigenvalue weighted by atomic mass is 9.97. The molecule has 0 bridgehead atoms. The number of hydrogen-bond donors (Lipinski definition) is 1. The van der Waals surface area contributed by atoms with Gasteiger partial charge in [-0.15, -0.1) is 0 Å². The second-order valence-electron chi connectivity index (χ2n) is 6.27. The highest BCUT2D eigenvalue weighted by molar-refractivity contribution is 5.49. The smallest absolute Gasteiger partial charge is 0.356 e. The van der Waals surface area contributed by atoms with Crippen LogP contribution in [-0.4, -0.2) is 33.0 Å². The number of aromatic amines is 1. The average molecular weight is 339 g/mol.